The topological polar surface area (TPSA) is 90.9 Å². The van der Waals surface area contributed by atoms with Crippen LogP contribution in [0, 0.1) is 5.92 Å². The lowest BCUT2D eigenvalue weighted by Crippen LogP contribution is -2.25. The van der Waals surface area contributed by atoms with Crippen LogP contribution in [0.3, 0.4) is 0 Å². The van der Waals surface area contributed by atoms with Gasteiger partial charge >= 0.3 is 5.97 Å². The lowest BCUT2D eigenvalue weighted by atomic mass is 10.1. The van der Waals surface area contributed by atoms with E-state index in [-0.39, 0.29) is 18.3 Å². The van der Waals surface area contributed by atoms with Crippen LogP contribution >= 0.6 is 0 Å². The minimum atomic E-state index is -0.599. The number of hydrogen-bond donors (Lipinski definition) is 1. The normalized spacial score (nSPS) is 12.6. The highest BCUT2D eigenvalue weighted by molar-refractivity contribution is 6.02. The van der Waals surface area contributed by atoms with Gasteiger partial charge < -0.3 is 19.5 Å². The first-order valence-corrected chi connectivity index (χ1v) is 8.92. The van der Waals surface area contributed by atoms with Crippen LogP contribution in [-0.4, -0.2) is 37.5 Å². The number of amides is 1. The van der Waals surface area contributed by atoms with E-state index < -0.39 is 12.6 Å². The molecule has 1 heterocycles. The predicted octanol–water partition coefficient (Wildman–Crippen LogP) is 3.09. The zero-order valence-electron chi connectivity index (χ0n) is 15.7. The van der Waals surface area contributed by atoms with Gasteiger partial charge in [0.25, 0.3) is 5.91 Å². The summed E-state index contributed by atoms with van der Waals surface area (Å²) in [5, 5.41) is 2.63. The molecule has 0 bridgehead atoms. The molecule has 2 aromatic rings. The number of fused-ring (bicyclic) bond motifs is 1. The van der Waals surface area contributed by atoms with Crippen molar-refractivity contribution in [2.24, 2.45) is 5.92 Å². The lowest BCUT2D eigenvalue weighted by molar-refractivity contribution is -0.118. The second-order valence-electron chi connectivity index (χ2n) is 6.78. The number of nitrogens with one attached hydrogen (secondary N) is 1. The van der Waals surface area contributed by atoms with E-state index in [4.69, 9.17) is 14.2 Å². The summed E-state index contributed by atoms with van der Waals surface area (Å²) in [5.41, 5.74) is 1.07. The zero-order valence-corrected chi connectivity index (χ0v) is 15.7. The maximum Gasteiger partial charge on any atom is 0.338 e. The van der Waals surface area contributed by atoms with Crippen molar-refractivity contribution < 1.29 is 28.6 Å². The fourth-order valence-electron chi connectivity index (χ4n) is 2.50. The number of Topliss-reactive ketones (excluding diaryl/α,β-unsaturated/α-hetero) is 1. The first-order valence-electron chi connectivity index (χ1n) is 8.92. The molecule has 146 valence electrons. The van der Waals surface area contributed by atoms with Crippen LogP contribution in [-0.2, 0) is 9.53 Å². The van der Waals surface area contributed by atoms with Crippen LogP contribution in [0.25, 0.3) is 0 Å². The Morgan fingerprint density at radius 1 is 1.11 bits per heavy atom. The molecule has 0 unspecified atom stereocenters. The molecule has 1 aliphatic heterocycles. The summed E-state index contributed by atoms with van der Waals surface area (Å²) in [5.74, 6) is 0.294. The van der Waals surface area contributed by atoms with Gasteiger partial charge in [-0.3, -0.25) is 9.59 Å². The minimum absolute atomic E-state index is 0.0563. The van der Waals surface area contributed by atoms with Crippen LogP contribution in [0.1, 0.15) is 34.6 Å². The Morgan fingerprint density at radius 3 is 2.54 bits per heavy atom. The smallest absolute Gasteiger partial charge is 0.338 e. The monoisotopic (exact) mass is 383 g/mol. The highest BCUT2D eigenvalue weighted by Gasteiger charge is 2.19. The molecule has 1 amide bonds. The molecule has 7 nitrogen and oxygen atoms in total. The number of carbonyl (C=O) groups is 3. The third kappa shape index (κ3) is 4.88. The first-order chi connectivity index (χ1) is 13.4. The van der Waals surface area contributed by atoms with Gasteiger partial charge in [0.1, 0.15) is 11.5 Å². The molecule has 3 rings (SSSR count). The molecule has 0 saturated heterocycles. The Hall–Kier alpha value is -3.35. The predicted molar refractivity (Wildman–Crippen MR) is 102 cm³/mol. The van der Waals surface area contributed by atoms with Gasteiger partial charge in [-0.25, -0.2) is 4.79 Å². The summed E-state index contributed by atoms with van der Waals surface area (Å²) < 4.78 is 15.9. The van der Waals surface area contributed by atoms with Crippen LogP contribution in [0.4, 0.5) is 5.69 Å². The van der Waals surface area contributed by atoms with Crippen molar-refractivity contribution >= 4 is 23.3 Å². The number of ketones is 1. The van der Waals surface area contributed by atoms with Crippen LogP contribution in [0.15, 0.2) is 42.5 Å². The van der Waals surface area contributed by atoms with E-state index in [0.717, 1.165) is 0 Å². The molecule has 28 heavy (non-hydrogen) atoms. The summed E-state index contributed by atoms with van der Waals surface area (Å²) in [4.78, 5) is 35.8. The molecule has 0 spiro atoms. The van der Waals surface area contributed by atoms with Gasteiger partial charge in [0.05, 0.1) is 17.9 Å². The highest BCUT2D eigenvalue weighted by Crippen LogP contribution is 2.28. The molecular weight excluding hydrogens is 362 g/mol. The van der Waals surface area contributed by atoms with E-state index in [2.05, 4.69) is 5.32 Å². The van der Waals surface area contributed by atoms with E-state index in [0.29, 0.717) is 40.8 Å². The number of carbonyl (C=O) groups excluding carboxylic acids is 3. The van der Waals surface area contributed by atoms with E-state index >= 15 is 0 Å². The summed E-state index contributed by atoms with van der Waals surface area (Å²) >= 11 is 0. The van der Waals surface area contributed by atoms with Crippen molar-refractivity contribution in [1.82, 2.24) is 0 Å². The molecule has 1 aliphatic rings. The van der Waals surface area contributed by atoms with E-state index in [1.54, 1.807) is 36.4 Å². The van der Waals surface area contributed by atoms with Gasteiger partial charge in [0.2, 0.25) is 0 Å². The van der Waals surface area contributed by atoms with Gasteiger partial charge in [0, 0.05) is 5.56 Å². The van der Waals surface area contributed by atoms with Crippen molar-refractivity contribution in [3.63, 3.8) is 0 Å². The molecule has 7 heteroatoms. The molecule has 2 aromatic carbocycles. The summed E-state index contributed by atoms with van der Waals surface area (Å²) in [6.45, 7) is 4.22. The fourth-order valence-corrected chi connectivity index (χ4v) is 2.50. The van der Waals surface area contributed by atoms with Crippen LogP contribution in [0.5, 0.6) is 11.5 Å². The summed E-state index contributed by atoms with van der Waals surface area (Å²) in [6.07, 6.45) is 0. The van der Waals surface area contributed by atoms with Gasteiger partial charge in [-0.15, -0.1) is 0 Å². The van der Waals surface area contributed by atoms with Crippen molar-refractivity contribution in [1.29, 1.82) is 0 Å². The van der Waals surface area contributed by atoms with Crippen LogP contribution in [0.2, 0.25) is 0 Å². The zero-order chi connectivity index (χ0) is 20.1. The van der Waals surface area contributed by atoms with Crippen molar-refractivity contribution in [2.75, 3.05) is 25.1 Å². The van der Waals surface area contributed by atoms with Crippen molar-refractivity contribution in [3.05, 3.63) is 53.6 Å². The standard InChI is InChI=1S/C21H21NO6/c1-13(2)10-26-16-6-3-14(4-7-16)21(25)28-11-18(23)15-5-8-19-17(9-15)22-20(24)12-27-19/h3-9,13H,10-12H2,1-2H3,(H,22,24). The van der Waals surface area contributed by atoms with E-state index in [1.165, 1.54) is 6.07 Å². The van der Waals surface area contributed by atoms with Crippen LogP contribution < -0.4 is 14.8 Å². The Bertz CT molecular complexity index is 888. The number of ether oxygens (including phenoxy) is 3. The number of esters is 1. The first kappa shape index (κ1) is 19.4. The largest absolute Gasteiger partial charge is 0.493 e. The summed E-state index contributed by atoms with van der Waals surface area (Å²) in [7, 11) is 0. The third-order valence-corrected chi connectivity index (χ3v) is 3.94. The average Bonchev–Trinajstić information content (AvgIpc) is 2.70. The molecule has 0 saturated carbocycles. The Balaban J connectivity index is 1.56. The Kier molecular flexibility index (Phi) is 5.93. The number of benzene rings is 2. The fraction of sp³-hybridized carbons (Fsp3) is 0.286. The van der Waals surface area contributed by atoms with E-state index in [9.17, 15) is 14.4 Å². The molecule has 0 atom stereocenters. The van der Waals surface area contributed by atoms with Gasteiger partial charge in [-0.05, 0) is 48.4 Å². The molecule has 0 radical (unpaired) electrons. The number of hydrogen-bond acceptors (Lipinski definition) is 6. The Morgan fingerprint density at radius 2 is 1.82 bits per heavy atom. The minimum Gasteiger partial charge on any atom is -0.493 e. The lowest BCUT2D eigenvalue weighted by Gasteiger charge is -2.18. The quantitative estimate of drug-likeness (QED) is 0.584. The van der Waals surface area contributed by atoms with Gasteiger partial charge in [-0.1, -0.05) is 13.8 Å². The van der Waals surface area contributed by atoms with Gasteiger partial charge in [-0.2, -0.15) is 0 Å². The molecule has 1 N–H and O–H groups in total. The maximum atomic E-state index is 12.3. The number of rotatable bonds is 7. The third-order valence-electron chi connectivity index (χ3n) is 3.94. The molecule has 0 aromatic heterocycles. The summed E-state index contributed by atoms with van der Waals surface area (Å²) in [6, 6.07) is 11.2. The molecule has 0 aliphatic carbocycles. The highest BCUT2D eigenvalue weighted by atomic mass is 16.5. The Labute approximate surface area is 162 Å². The van der Waals surface area contributed by atoms with Crippen molar-refractivity contribution in [3.8, 4) is 11.5 Å². The molecule has 0 fully saturated rings. The second-order valence-corrected chi connectivity index (χ2v) is 6.78. The van der Waals surface area contributed by atoms with Gasteiger partial charge in [0.15, 0.2) is 19.0 Å². The van der Waals surface area contributed by atoms with E-state index in [1.807, 2.05) is 13.8 Å². The maximum absolute atomic E-state index is 12.3. The second kappa shape index (κ2) is 8.56. The average molecular weight is 383 g/mol. The molecular formula is C21H21NO6. The van der Waals surface area contributed by atoms with Crippen molar-refractivity contribution in [2.45, 2.75) is 13.8 Å². The SMILES string of the molecule is CC(C)COc1ccc(C(=O)OCC(=O)c2ccc3c(c2)NC(=O)CO3)cc1. The number of anilines is 1.